The summed E-state index contributed by atoms with van der Waals surface area (Å²) in [6, 6.07) is 8.65. The van der Waals surface area contributed by atoms with Crippen LogP contribution in [0.15, 0.2) is 42.5 Å². The van der Waals surface area contributed by atoms with Gasteiger partial charge in [-0.05, 0) is 42.1 Å². The van der Waals surface area contributed by atoms with Gasteiger partial charge in [0.15, 0.2) is 0 Å². The lowest BCUT2D eigenvalue weighted by molar-refractivity contribution is -0.384. The summed E-state index contributed by atoms with van der Waals surface area (Å²) in [5.74, 6) is -1.73. The van der Waals surface area contributed by atoms with Crippen LogP contribution in [0, 0.1) is 10.1 Å². The number of benzene rings is 2. The summed E-state index contributed by atoms with van der Waals surface area (Å²) in [4.78, 5) is 47.7. The fourth-order valence-corrected chi connectivity index (χ4v) is 3.52. The van der Waals surface area contributed by atoms with E-state index in [0.717, 1.165) is 17.0 Å². The maximum Gasteiger partial charge on any atom is 0.293 e. The van der Waals surface area contributed by atoms with Gasteiger partial charge in [0.05, 0.1) is 22.4 Å². The normalized spacial score (nSPS) is 16.3. The first-order valence-electron chi connectivity index (χ1n) is 7.87. The first-order chi connectivity index (χ1) is 13.3. The Morgan fingerprint density at radius 1 is 1.18 bits per heavy atom. The summed E-state index contributed by atoms with van der Waals surface area (Å²) in [7, 11) is 0. The number of carbonyl (C=O) groups excluding carboxylic acids is 3. The maximum absolute atomic E-state index is 12.5. The molecule has 10 nitrogen and oxygen atoms in total. The van der Waals surface area contributed by atoms with Gasteiger partial charge < -0.3 is 15.5 Å². The van der Waals surface area contributed by atoms with Crippen molar-refractivity contribution >= 4 is 45.9 Å². The molecule has 1 saturated heterocycles. The second-order valence-electron chi connectivity index (χ2n) is 5.77. The van der Waals surface area contributed by atoms with Crippen LogP contribution in [0.4, 0.5) is 21.9 Å². The van der Waals surface area contributed by atoms with Crippen LogP contribution in [-0.2, 0) is 9.59 Å². The largest absolute Gasteiger partial charge is 0.508 e. The third-order valence-electron chi connectivity index (χ3n) is 3.87. The molecule has 1 fully saturated rings. The van der Waals surface area contributed by atoms with Gasteiger partial charge in [-0.1, -0.05) is 0 Å². The minimum atomic E-state index is -0.957. The molecule has 1 aliphatic heterocycles. The van der Waals surface area contributed by atoms with Crippen molar-refractivity contribution in [3.63, 3.8) is 0 Å². The molecule has 3 amide bonds. The Morgan fingerprint density at radius 2 is 1.86 bits per heavy atom. The number of anilines is 2. The molecule has 11 heteroatoms. The van der Waals surface area contributed by atoms with Gasteiger partial charge >= 0.3 is 0 Å². The number of non-ortho nitro benzene ring substituents is 1. The van der Waals surface area contributed by atoms with Crippen molar-refractivity contribution in [3.8, 4) is 11.5 Å². The Balaban J connectivity index is 1.68. The number of carbonyl (C=O) groups is 3. The molecule has 2 aromatic rings. The quantitative estimate of drug-likeness (QED) is 0.392. The first kappa shape index (κ1) is 19.2. The van der Waals surface area contributed by atoms with Crippen LogP contribution in [-0.4, -0.2) is 37.4 Å². The van der Waals surface area contributed by atoms with Crippen LogP contribution >= 0.6 is 11.8 Å². The van der Waals surface area contributed by atoms with Crippen molar-refractivity contribution in [3.05, 3.63) is 52.6 Å². The van der Waals surface area contributed by atoms with Gasteiger partial charge in [0, 0.05) is 12.5 Å². The average Bonchev–Trinajstić information content (AvgIpc) is 2.91. The number of rotatable bonds is 5. The molecule has 1 aliphatic rings. The highest BCUT2D eigenvalue weighted by Gasteiger charge is 2.41. The Morgan fingerprint density at radius 3 is 2.46 bits per heavy atom. The summed E-state index contributed by atoms with van der Waals surface area (Å²) in [6.07, 6.45) is -0.333. The van der Waals surface area contributed by atoms with Crippen LogP contribution in [0.1, 0.15) is 6.42 Å². The SMILES string of the molecule is O=C(C[C@H]1SC(=O)N(c2ccc(O)cc2)C1=O)Nc1ccc([N+](=O)[O-])cc1O. The molecule has 28 heavy (non-hydrogen) atoms. The molecule has 3 rings (SSSR count). The van der Waals surface area contributed by atoms with Crippen LogP contribution in [0.25, 0.3) is 0 Å². The molecule has 0 saturated carbocycles. The fraction of sp³-hybridized carbons (Fsp3) is 0.118. The highest BCUT2D eigenvalue weighted by Crippen LogP contribution is 2.34. The molecule has 1 heterocycles. The van der Waals surface area contributed by atoms with Crippen molar-refractivity contribution < 1.29 is 29.5 Å². The van der Waals surface area contributed by atoms with E-state index in [9.17, 15) is 34.7 Å². The highest BCUT2D eigenvalue weighted by molar-refractivity contribution is 8.15. The molecule has 144 valence electrons. The molecule has 0 aromatic heterocycles. The van der Waals surface area contributed by atoms with E-state index in [1.54, 1.807) is 0 Å². The van der Waals surface area contributed by atoms with Gasteiger partial charge in [-0.2, -0.15) is 0 Å². The van der Waals surface area contributed by atoms with Crippen molar-refractivity contribution in [1.82, 2.24) is 0 Å². The van der Waals surface area contributed by atoms with Gasteiger partial charge in [0.1, 0.15) is 16.7 Å². The fourth-order valence-electron chi connectivity index (χ4n) is 2.53. The molecule has 0 aliphatic carbocycles. The van der Waals surface area contributed by atoms with E-state index in [1.165, 1.54) is 30.3 Å². The number of phenols is 2. The molecular formula is C17H13N3O7S. The van der Waals surface area contributed by atoms with Crippen molar-refractivity contribution in [2.45, 2.75) is 11.7 Å². The van der Waals surface area contributed by atoms with Gasteiger partial charge in [0.25, 0.3) is 10.9 Å². The van der Waals surface area contributed by atoms with E-state index in [2.05, 4.69) is 5.32 Å². The molecule has 0 radical (unpaired) electrons. The van der Waals surface area contributed by atoms with Crippen molar-refractivity contribution in [2.75, 3.05) is 10.2 Å². The molecule has 0 bridgehead atoms. The topological polar surface area (TPSA) is 150 Å². The number of nitro benzene ring substituents is 1. The summed E-state index contributed by atoms with van der Waals surface area (Å²) in [5, 5.41) is 30.6. The van der Waals surface area contributed by atoms with Gasteiger partial charge in [-0.15, -0.1) is 0 Å². The second kappa shape index (κ2) is 7.56. The number of thioether (sulfide) groups is 1. The number of imide groups is 1. The minimum absolute atomic E-state index is 0.0191. The van der Waals surface area contributed by atoms with Gasteiger partial charge in [0.2, 0.25) is 11.8 Å². The van der Waals surface area contributed by atoms with Gasteiger partial charge in [-0.25, -0.2) is 4.90 Å². The van der Waals surface area contributed by atoms with E-state index in [-0.39, 0.29) is 29.2 Å². The van der Waals surface area contributed by atoms with Crippen molar-refractivity contribution in [1.29, 1.82) is 0 Å². The van der Waals surface area contributed by atoms with E-state index in [4.69, 9.17) is 0 Å². The number of nitrogens with one attached hydrogen (secondary N) is 1. The monoisotopic (exact) mass is 403 g/mol. The van der Waals surface area contributed by atoms with E-state index < -0.39 is 33.0 Å². The van der Waals surface area contributed by atoms with E-state index >= 15 is 0 Å². The Kier molecular flexibility index (Phi) is 5.18. The highest BCUT2D eigenvalue weighted by atomic mass is 32.2. The van der Waals surface area contributed by atoms with Crippen LogP contribution in [0.3, 0.4) is 0 Å². The first-order valence-corrected chi connectivity index (χ1v) is 8.75. The number of hydrogen-bond acceptors (Lipinski definition) is 8. The zero-order valence-corrected chi connectivity index (χ0v) is 14.9. The number of hydrogen-bond donors (Lipinski definition) is 3. The summed E-state index contributed by atoms with van der Waals surface area (Å²) in [6.45, 7) is 0. The summed E-state index contributed by atoms with van der Waals surface area (Å²) >= 11 is 0.693. The number of aromatic hydroxyl groups is 2. The lowest BCUT2D eigenvalue weighted by atomic mass is 10.2. The third kappa shape index (κ3) is 3.88. The van der Waals surface area contributed by atoms with Crippen molar-refractivity contribution in [2.24, 2.45) is 0 Å². The molecule has 3 N–H and O–H groups in total. The molecular weight excluding hydrogens is 390 g/mol. The van der Waals surface area contributed by atoms with E-state index in [0.29, 0.717) is 11.8 Å². The molecule has 0 unspecified atom stereocenters. The second-order valence-corrected chi connectivity index (χ2v) is 6.93. The van der Waals surface area contributed by atoms with Crippen LogP contribution in [0.5, 0.6) is 11.5 Å². The predicted octanol–water partition coefficient (Wildman–Crippen LogP) is 2.60. The summed E-state index contributed by atoms with van der Waals surface area (Å²) < 4.78 is 0. The third-order valence-corrected chi connectivity index (χ3v) is 4.90. The Hall–Kier alpha value is -3.60. The predicted molar refractivity (Wildman–Crippen MR) is 100 cm³/mol. The van der Waals surface area contributed by atoms with Gasteiger partial charge in [-0.3, -0.25) is 24.5 Å². The van der Waals surface area contributed by atoms with Crippen LogP contribution in [0.2, 0.25) is 0 Å². The molecule has 2 aromatic carbocycles. The Labute approximate surface area is 161 Å². The number of amides is 3. The number of nitro groups is 1. The smallest absolute Gasteiger partial charge is 0.293 e. The average molecular weight is 403 g/mol. The number of nitrogens with zero attached hydrogens (tertiary/aromatic N) is 2. The zero-order valence-electron chi connectivity index (χ0n) is 14.1. The molecule has 0 spiro atoms. The maximum atomic E-state index is 12.5. The Bertz CT molecular complexity index is 977. The lowest BCUT2D eigenvalue weighted by Crippen LogP contribution is -2.32. The summed E-state index contributed by atoms with van der Waals surface area (Å²) in [5.41, 5.74) is -0.115. The number of phenolic OH excluding ortho intramolecular Hbond substituents is 2. The van der Waals surface area contributed by atoms with Crippen LogP contribution < -0.4 is 10.2 Å². The minimum Gasteiger partial charge on any atom is -0.508 e. The standard InChI is InChI=1S/C17H13N3O7S/c21-11-4-1-9(2-5-11)19-16(24)14(28-17(19)25)8-15(23)18-12-6-3-10(20(26)27)7-13(12)22/h1-7,14,21-22H,8H2,(H,18,23)/t14-/m1/s1. The molecule has 1 atom stereocenters. The van der Waals surface area contributed by atoms with E-state index in [1.807, 2.05) is 0 Å². The lowest BCUT2D eigenvalue weighted by Gasteiger charge is -2.14. The zero-order chi connectivity index (χ0) is 20.4.